The van der Waals surface area contributed by atoms with E-state index < -0.39 is 0 Å². The van der Waals surface area contributed by atoms with E-state index in [1.807, 2.05) is 36.4 Å². The van der Waals surface area contributed by atoms with Crippen molar-refractivity contribution in [2.24, 2.45) is 0 Å². The third-order valence-electron chi connectivity index (χ3n) is 10.1. The highest BCUT2D eigenvalue weighted by Crippen LogP contribution is 2.44. The Morgan fingerprint density at radius 1 is 0.340 bits per heavy atom. The summed E-state index contributed by atoms with van der Waals surface area (Å²) in [6, 6.07) is 57.8. The highest BCUT2D eigenvalue weighted by atomic mass is 15.2. The van der Waals surface area contributed by atoms with Gasteiger partial charge in [0, 0.05) is 49.0 Å². The zero-order valence-corrected chi connectivity index (χ0v) is 26.8. The summed E-state index contributed by atoms with van der Waals surface area (Å²) in [5.41, 5.74) is 10.0. The van der Waals surface area contributed by atoms with Gasteiger partial charge in [0.05, 0.1) is 27.6 Å². The molecule has 0 N–H and O–H groups in total. The molecule has 0 radical (unpaired) electrons. The molecule has 0 aliphatic carbocycles. The normalized spacial score (nSPS) is 12.0. The van der Waals surface area contributed by atoms with Crippen molar-refractivity contribution >= 4 is 59.9 Å². The van der Waals surface area contributed by atoms with Crippen molar-refractivity contribution in [3.05, 3.63) is 164 Å². The molecule has 0 saturated heterocycles. The first-order chi connectivity index (χ1) is 24.8. The number of nitrogens with zero attached hydrogens (tertiary/aromatic N) is 5. The molecule has 4 heterocycles. The van der Waals surface area contributed by atoms with E-state index in [1.165, 1.54) is 38.1 Å². The SMILES string of the molecule is c1ccc(-c2nc(-c3ccccc3)nc(-n3c4ccccc4c4cccc(-c5cc6c7ccccc7n7c8ccccc8c(c5)c67)c43)n2)cc1. The van der Waals surface area contributed by atoms with Crippen LogP contribution < -0.4 is 0 Å². The van der Waals surface area contributed by atoms with Crippen molar-refractivity contribution in [3.8, 4) is 39.9 Å². The minimum Gasteiger partial charge on any atom is -0.308 e. The predicted molar refractivity (Wildman–Crippen MR) is 205 cm³/mol. The number of benzene rings is 7. The van der Waals surface area contributed by atoms with Gasteiger partial charge in [-0.2, -0.15) is 9.97 Å². The Balaban J connectivity index is 1.26. The summed E-state index contributed by atoms with van der Waals surface area (Å²) in [4.78, 5) is 15.4. The Labute approximate surface area is 286 Å². The molecule has 4 aromatic heterocycles. The summed E-state index contributed by atoms with van der Waals surface area (Å²) in [5, 5.41) is 7.32. The molecule has 0 atom stereocenters. The van der Waals surface area contributed by atoms with E-state index in [-0.39, 0.29) is 0 Å². The summed E-state index contributed by atoms with van der Waals surface area (Å²) < 4.78 is 4.67. The molecule has 0 unspecified atom stereocenters. The van der Waals surface area contributed by atoms with Gasteiger partial charge < -0.3 is 4.40 Å². The molecule has 0 aliphatic heterocycles. The Morgan fingerprint density at radius 2 is 0.820 bits per heavy atom. The molecule has 0 saturated carbocycles. The van der Waals surface area contributed by atoms with Gasteiger partial charge in [-0.3, -0.25) is 4.57 Å². The molecule has 5 heteroatoms. The number of rotatable bonds is 4. The second-order valence-electron chi connectivity index (χ2n) is 12.9. The Hall–Kier alpha value is -6.85. The molecule has 0 bridgehead atoms. The van der Waals surface area contributed by atoms with Gasteiger partial charge in [-0.15, -0.1) is 0 Å². The lowest BCUT2D eigenvalue weighted by Crippen LogP contribution is -2.06. The van der Waals surface area contributed by atoms with Gasteiger partial charge in [-0.1, -0.05) is 133 Å². The van der Waals surface area contributed by atoms with Crippen LogP contribution in [0.2, 0.25) is 0 Å². The summed E-state index contributed by atoms with van der Waals surface area (Å²) >= 11 is 0. The van der Waals surface area contributed by atoms with Gasteiger partial charge in [-0.25, -0.2) is 4.98 Å². The Kier molecular flexibility index (Phi) is 5.60. The number of hydrogen-bond donors (Lipinski definition) is 0. The predicted octanol–water partition coefficient (Wildman–Crippen LogP) is 11.1. The third-order valence-corrected chi connectivity index (χ3v) is 10.1. The van der Waals surface area contributed by atoms with Crippen molar-refractivity contribution in [2.45, 2.75) is 0 Å². The molecule has 0 aliphatic rings. The third kappa shape index (κ3) is 3.80. The zero-order chi connectivity index (χ0) is 32.8. The van der Waals surface area contributed by atoms with Crippen molar-refractivity contribution in [1.29, 1.82) is 0 Å². The first-order valence-corrected chi connectivity index (χ1v) is 16.9. The van der Waals surface area contributed by atoms with Gasteiger partial charge in [0.2, 0.25) is 5.95 Å². The van der Waals surface area contributed by atoms with E-state index in [4.69, 9.17) is 15.0 Å². The maximum Gasteiger partial charge on any atom is 0.238 e. The quantitative estimate of drug-likeness (QED) is 0.193. The van der Waals surface area contributed by atoms with E-state index in [0.717, 1.165) is 44.1 Å². The number of para-hydroxylation sites is 4. The highest BCUT2D eigenvalue weighted by molar-refractivity contribution is 6.25. The molecule has 0 spiro atoms. The summed E-state index contributed by atoms with van der Waals surface area (Å²) in [6.45, 7) is 0. The standard InChI is InChI=1S/C45H27N5/c1-3-14-28(15-4-1)43-46-44(29-16-5-2-6-17-29)48-45(47-43)50-40-25-12-7-18-32(40)35-22-13-21-31(41(35)50)30-26-36-33-19-8-10-23-38(33)49-39-24-11-9-20-34(39)37(27-30)42(36)49/h1-27H. The lowest BCUT2D eigenvalue weighted by molar-refractivity contribution is 0.954. The van der Waals surface area contributed by atoms with Crippen LogP contribution in [0.5, 0.6) is 0 Å². The van der Waals surface area contributed by atoms with Crippen LogP contribution in [0.4, 0.5) is 0 Å². The van der Waals surface area contributed by atoms with Crippen molar-refractivity contribution < 1.29 is 0 Å². The minimum absolute atomic E-state index is 0.587. The largest absolute Gasteiger partial charge is 0.308 e. The summed E-state index contributed by atoms with van der Waals surface area (Å²) in [5.74, 6) is 1.86. The minimum atomic E-state index is 0.587. The van der Waals surface area contributed by atoms with Gasteiger partial charge >= 0.3 is 0 Å². The second-order valence-corrected chi connectivity index (χ2v) is 12.9. The van der Waals surface area contributed by atoms with Crippen molar-refractivity contribution in [3.63, 3.8) is 0 Å². The van der Waals surface area contributed by atoms with Crippen LogP contribution in [0.15, 0.2) is 164 Å². The monoisotopic (exact) mass is 637 g/mol. The molecule has 232 valence electrons. The van der Waals surface area contributed by atoms with Crippen LogP contribution in [0.1, 0.15) is 0 Å². The maximum absolute atomic E-state index is 5.20. The lowest BCUT2D eigenvalue weighted by atomic mass is 9.97. The maximum atomic E-state index is 5.20. The number of fused-ring (bicyclic) bond motifs is 9. The zero-order valence-electron chi connectivity index (χ0n) is 26.8. The summed E-state index contributed by atoms with van der Waals surface area (Å²) in [6.07, 6.45) is 0. The Bertz CT molecular complexity index is 2940. The van der Waals surface area contributed by atoms with Crippen LogP contribution in [0.25, 0.3) is 99.8 Å². The molecule has 50 heavy (non-hydrogen) atoms. The van der Waals surface area contributed by atoms with Crippen LogP contribution in [0.3, 0.4) is 0 Å². The fourth-order valence-corrected chi connectivity index (χ4v) is 7.96. The average Bonchev–Trinajstić information content (AvgIpc) is 3.83. The van der Waals surface area contributed by atoms with Gasteiger partial charge in [0.1, 0.15) is 0 Å². The van der Waals surface area contributed by atoms with Gasteiger partial charge in [0.15, 0.2) is 11.6 Å². The topological polar surface area (TPSA) is 48.0 Å². The molecule has 0 amide bonds. The van der Waals surface area contributed by atoms with Gasteiger partial charge in [0.25, 0.3) is 0 Å². The Morgan fingerprint density at radius 3 is 1.40 bits per heavy atom. The van der Waals surface area contributed by atoms with Crippen LogP contribution >= 0.6 is 0 Å². The van der Waals surface area contributed by atoms with E-state index in [2.05, 4.69) is 136 Å². The molecule has 11 aromatic rings. The van der Waals surface area contributed by atoms with Gasteiger partial charge in [-0.05, 0) is 35.9 Å². The number of aromatic nitrogens is 5. The van der Waals surface area contributed by atoms with E-state index in [9.17, 15) is 0 Å². The fraction of sp³-hybridized carbons (Fsp3) is 0. The lowest BCUT2D eigenvalue weighted by Gasteiger charge is -2.13. The van der Waals surface area contributed by atoms with E-state index >= 15 is 0 Å². The molecule has 5 nitrogen and oxygen atoms in total. The second kappa shape index (κ2) is 10.3. The smallest absolute Gasteiger partial charge is 0.238 e. The van der Waals surface area contributed by atoms with Crippen LogP contribution in [-0.4, -0.2) is 23.9 Å². The molecule has 7 aromatic carbocycles. The number of hydrogen-bond acceptors (Lipinski definition) is 3. The first kappa shape index (κ1) is 27.1. The van der Waals surface area contributed by atoms with E-state index in [0.29, 0.717) is 17.6 Å². The van der Waals surface area contributed by atoms with Crippen LogP contribution in [-0.2, 0) is 0 Å². The highest BCUT2D eigenvalue weighted by Gasteiger charge is 2.23. The summed E-state index contributed by atoms with van der Waals surface area (Å²) in [7, 11) is 0. The van der Waals surface area contributed by atoms with E-state index in [1.54, 1.807) is 0 Å². The van der Waals surface area contributed by atoms with Crippen molar-refractivity contribution in [2.75, 3.05) is 0 Å². The van der Waals surface area contributed by atoms with Crippen molar-refractivity contribution in [1.82, 2.24) is 23.9 Å². The molecule has 0 fully saturated rings. The molecular formula is C45H27N5. The average molecular weight is 638 g/mol. The first-order valence-electron chi connectivity index (χ1n) is 16.9. The molecule has 11 rings (SSSR count). The fourth-order valence-electron chi connectivity index (χ4n) is 7.96. The van der Waals surface area contributed by atoms with Crippen LogP contribution in [0, 0.1) is 0 Å². The molecular weight excluding hydrogens is 611 g/mol.